The molecule has 2 saturated heterocycles. The molecule has 0 aromatic heterocycles. The fourth-order valence-corrected chi connectivity index (χ4v) is 3.69. The highest BCUT2D eigenvalue weighted by Gasteiger charge is 2.33. The second-order valence-electron chi connectivity index (χ2n) is 6.63. The lowest BCUT2D eigenvalue weighted by Crippen LogP contribution is -2.43. The van der Waals surface area contributed by atoms with Gasteiger partial charge in [0.25, 0.3) is 0 Å². The van der Waals surface area contributed by atoms with E-state index >= 15 is 0 Å². The maximum atomic E-state index is 3.83. The van der Waals surface area contributed by atoms with Crippen LogP contribution in [-0.4, -0.2) is 49.6 Å². The molecule has 3 atom stereocenters. The van der Waals surface area contributed by atoms with Crippen molar-refractivity contribution in [1.29, 1.82) is 0 Å². The zero-order valence-electron chi connectivity index (χ0n) is 12.8. The highest BCUT2D eigenvalue weighted by Crippen LogP contribution is 2.27. The van der Waals surface area contributed by atoms with Crippen molar-refractivity contribution in [2.45, 2.75) is 32.0 Å². The molecule has 0 amide bonds. The van der Waals surface area contributed by atoms with Crippen LogP contribution in [0.3, 0.4) is 0 Å². The van der Waals surface area contributed by atoms with Crippen LogP contribution >= 0.6 is 0 Å². The van der Waals surface area contributed by atoms with Crippen LogP contribution in [0.4, 0.5) is 0 Å². The largest absolute Gasteiger partial charge is 0.310 e. The van der Waals surface area contributed by atoms with Crippen LogP contribution < -0.4 is 5.32 Å². The van der Waals surface area contributed by atoms with E-state index in [1.54, 1.807) is 0 Å². The van der Waals surface area contributed by atoms with E-state index in [2.05, 4.69) is 53.5 Å². The maximum absolute atomic E-state index is 3.83. The van der Waals surface area contributed by atoms with Crippen molar-refractivity contribution in [3.05, 3.63) is 35.4 Å². The molecule has 1 aromatic rings. The number of nitrogens with zero attached hydrogens (tertiary/aromatic N) is 2. The molecule has 2 aliphatic rings. The summed E-state index contributed by atoms with van der Waals surface area (Å²) in [6.45, 7) is 5.97. The van der Waals surface area contributed by atoms with E-state index in [-0.39, 0.29) is 0 Å². The van der Waals surface area contributed by atoms with Gasteiger partial charge in [-0.15, -0.1) is 0 Å². The monoisotopic (exact) mass is 273 g/mol. The molecule has 1 aromatic carbocycles. The Balaban J connectivity index is 1.60. The first-order valence-corrected chi connectivity index (χ1v) is 7.89. The fourth-order valence-electron chi connectivity index (χ4n) is 3.69. The van der Waals surface area contributed by atoms with Gasteiger partial charge < -0.3 is 15.1 Å². The van der Waals surface area contributed by atoms with Gasteiger partial charge in [-0.2, -0.15) is 0 Å². The minimum atomic E-state index is 0.723. The van der Waals surface area contributed by atoms with E-state index < -0.39 is 0 Å². The van der Waals surface area contributed by atoms with Gasteiger partial charge in [0, 0.05) is 25.7 Å². The summed E-state index contributed by atoms with van der Waals surface area (Å²) in [6.07, 6.45) is 2.71. The summed E-state index contributed by atoms with van der Waals surface area (Å²) < 4.78 is 0. The molecule has 2 fully saturated rings. The maximum Gasteiger partial charge on any atom is 0.0230 e. The SMILES string of the molecule is CN(C)Cc1ccccc1CNC1CCN2CCC1C2. The molecule has 3 nitrogen and oxygen atoms in total. The number of benzene rings is 1. The molecule has 0 spiro atoms. The fraction of sp³-hybridized carbons (Fsp3) is 0.647. The van der Waals surface area contributed by atoms with Gasteiger partial charge in [0.1, 0.15) is 0 Å². The Kier molecular flexibility index (Phi) is 4.39. The van der Waals surface area contributed by atoms with E-state index in [4.69, 9.17) is 0 Å². The Morgan fingerprint density at radius 3 is 2.70 bits per heavy atom. The molecule has 1 N–H and O–H groups in total. The zero-order chi connectivity index (χ0) is 13.9. The van der Waals surface area contributed by atoms with Crippen LogP contribution in [0.1, 0.15) is 24.0 Å². The van der Waals surface area contributed by atoms with Crippen LogP contribution in [0.2, 0.25) is 0 Å². The van der Waals surface area contributed by atoms with E-state index in [0.29, 0.717) is 0 Å². The Morgan fingerprint density at radius 2 is 1.90 bits per heavy atom. The Labute approximate surface area is 123 Å². The van der Waals surface area contributed by atoms with Crippen molar-refractivity contribution in [1.82, 2.24) is 15.1 Å². The summed E-state index contributed by atoms with van der Waals surface area (Å²) in [7, 11) is 4.27. The first kappa shape index (κ1) is 14.1. The van der Waals surface area contributed by atoms with E-state index in [0.717, 1.165) is 25.0 Å². The first-order chi connectivity index (χ1) is 9.72. The Morgan fingerprint density at radius 1 is 1.15 bits per heavy atom. The molecule has 3 rings (SSSR count). The van der Waals surface area contributed by atoms with Gasteiger partial charge >= 0.3 is 0 Å². The second-order valence-corrected chi connectivity index (χ2v) is 6.63. The summed E-state index contributed by atoms with van der Waals surface area (Å²) in [5.74, 6) is 0.879. The van der Waals surface area contributed by atoms with Crippen molar-refractivity contribution in [2.24, 2.45) is 5.92 Å². The first-order valence-electron chi connectivity index (χ1n) is 7.89. The van der Waals surface area contributed by atoms with Gasteiger partial charge in [0.15, 0.2) is 0 Å². The van der Waals surface area contributed by atoms with Crippen LogP contribution in [0.5, 0.6) is 0 Å². The molecular formula is C17H27N3. The van der Waals surface area contributed by atoms with Gasteiger partial charge in [0.2, 0.25) is 0 Å². The average Bonchev–Trinajstić information content (AvgIpc) is 2.81. The van der Waals surface area contributed by atoms with Crippen molar-refractivity contribution >= 4 is 0 Å². The summed E-state index contributed by atoms with van der Waals surface area (Å²) in [4.78, 5) is 4.86. The third kappa shape index (κ3) is 3.22. The molecule has 0 saturated carbocycles. The zero-order valence-corrected chi connectivity index (χ0v) is 12.8. The molecule has 110 valence electrons. The summed E-state index contributed by atoms with van der Waals surface area (Å²) in [5, 5.41) is 3.83. The molecular weight excluding hydrogens is 246 g/mol. The van der Waals surface area contributed by atoms with E-state index in [1.165, 1.54) is 43.6 Å². The normalized spacial score (nSPS) is 29.1. The van der Waals surface area contributed by atoms with Crippen LogP contribution in [0.15, 0.2) is 24.3 Å². The minimum absolute atomic E-state index is 0.723. The van der Waals surface area contributed by atoms with Crippen molar-refractivity contribution in [2.75, 3.05) is 33.7 Å². The third-order valence-corrected chi connectivity index (χ3v) is 4.79. The molecule has 2 bridgehead atoms. The number of fused-ring (bicyclic) bond motifs is 2. The molecule has 3 unspecified atom stereocenters. The van der Waals surface area contributed by atoms with Crippen molar-refractivity contribution in [3.8, 4) is 0 Å². The quantitative estimate of drug-likeness (QED) is 0.884. The standard InChI is InChI=1S/C17H27N3/c1-19(2)12-15-6-4-3-5-14(15)11-18-17-8-10-20-9-7-16(17)13-20/h3-6,16-18H,7-13H2,1-2H3. The van der Waals surface area contributed by atoms with Crippen LogP contribution in [-0.2, 0) is 13.1 Å². The van der Waals surface area contributed by atoms with Gasteiger partial charge in [-0.1, -0.05) is 24.3 Å². The van der Waals surface area contributed by atoms with Gasteiger partial charge in [-0.3, -0.25) is 0 Å². The predicted molar refractivity (Wildman–Crippen MR) is 83.6 cm³/mol. The number of hydrogen-bond acceptors (Lipinski definition) is 3. The molecule has 2 aliphatic heterocycles. The van der Waals surface area contributed by atoms with Gasteiger partial charge in [-0.05, 0) is 57.1 Å². The molecule has 0 aliphatic carbocycles. The number of piperidine rings is 1. The van der Waals surface area contributed by atoms with Gasteiger partial charge in [0.05, 0.1) is 0 Å². The van der Waals surface area contributed by atoms with Crippen molar-refractivity contribution < 1.29 is 0 Å². The summed E-state index contributed by atoms with van der Waals surface area (Å²) >= 11 is 0. The molecule has 3 heteroatoms. The molecule has 20 heavy (non-hydrogen) atoms. The Bertz CT molecular complexity index is 444. The van der Waals surface area contributed by atoms with E-state index in [1.807, 2.05) is 0 Å². The van der Waals surface area contributed by atoms with Gasteiger partial charge in [-0.25, -0.2) is 0 Å². The summed E-state index contributed by atoms with van der Waals surface area (Å²) in [5.41, 5.74) is 2.91. The molecule has 0 radical (unpaired) electrons. The lowest BCUT2D eigenvalue weighted by molar-refractivity contribution is 0.220. The summed E-state index contributed by atoms with van der Waals surface area (Å²) in [6, 6.07) is 9.57. The van der Waals surface area contributed by atoms with Crippen molar-refractivity contribution in [3.63, 3.8) is 0 Å². The highest BCUT2D eigenvalue weighted by atomic mass is 15.2. The van der Waals surface area contributed by atoms with Crippen LogP contribution in [0, 0.1) is 5.92 Å². The lowest BCUT2D eigenvalue weighted by Gasteiger charge is -2.31. The Hall–Kier alpha value is -0.900. The topological polar surface area (TPSA) is 18.5 Å². The highest BCUT2D eigenvalue weighted by molar-refractivity contribution is 5.27. The number of nitrogens with one attached hydrogen (secondary N) is 1. The van der Waals surface area contributed by atoms with Crippen LogP contribution in [0.25, 0.3) is 0 Å². The van der Waals surface area contributed by atoms with E-state index in [9.17, 15) is 0 Å². The molecule has 2 heterocycles. The average molecular weight is 273 g/mol. The third-order valence-electron chi connectivity index (χ3n) is 4.79. The number of rotatable bonds is 5. The number of hydrogen-bond donors (Lipinski definition) is 1. The smallest absolute Gasteiger partial charge is 0.0230 e. The second kappa shape index (κ2) is 6.25. The minimum Gasteiger partial charge on any atom is -0.310 e. The lowest BCUT2D eigenvalue weighted by atomic mass is 9.94. The predicted octanol–water partition coefficient (Wildman–Crippen LogP) is 1.93.